The van der Waals surface area contributed by atoms with Crippen LogP contribution in [0.3, 0.4) is 0 Å². The molecule has 0 radical (unpaired) electrons. The first kappa shape index (κ1) is 26.3. The Labute approximate surface area is 230 Å². The lowest BCUT2D eigenvalue weighted by Gasteiger charge is -2.35. The van der Waals surface area contributed by atoms with Crippen LogP contribution in [0.25, 0.3) is 22.2 Å². The second-order valence-electron chi connectivity index (χ2n) is 9.27. The van der Waals surface area contributed by atoms with E-state index in [4.69, 9.17) is 10.7 Å². The second-order valence-corrected chi connectivity index (χ2v) is 9.27. The third kappa shape index (κ3) is 5.58. The molecule has 2 aromatic carbocycles. The summed E-state index contributed by atoms with van der Waals surface area (Å²) in [5.41, 5.74) is 9.94. The number of hydrogen-bond acceptors (Lipinski definition) is 8. The molecule has 0 atom stereocenters. The van der Waals surface area contributed by atoms with E-state index >= 15 is 0 Å². The van der Waals surface area contributed by atoms with Gasteiger partial charge in [-0.25, -0.2) is 9.97 Å². The van der Waals surface area contributed by atoms with E-state index in [1.165, 1.54) is 6.08 Å². The van der Waals surface area contributed by atoms with E-state index in [1.807, 2.05) is 24.3 Å². The largest absolute Gasteiger partial charge is 0.368 e. The van der Waals surface area contributed by atoms with E-state index in [0.717, 1.165) is 16.6 Å². The molecular weight excluding hydrogens is 508 g/mol. The van der Waals surface area contributed by atoms with E-state index in [1.54, 1.807) is 48.5 Å². The molecule has 11 heteroatoms. The summed E-state index contributed by atoms with van der Waals surface area (Å²) < 4.78 is 0. The molecule has 11 nitrogen and oxygen atoms in total. The smallest absolute Gasteiger partial charge is 0.250 e. The number of primary amides is 1. The van der Waals surface area contributed by atoms with E-state index in [-0.39, 0.29) is 17.8 Å². The van der Waals surface area contributed by atoms with E-state index in [9.17, 15) is 14.4 Å². The van der Waals surface area contributed by atoms with Crippen LogP contribution < -0.4 is 21.3 Å². The SMILES string of the molecule is C=CC(=O)Nc1ccnc(-c2cccc3cnc(Nc4ccc(N5CCN(C(C)=O)CC5)cc4C(N)=O)nc23)c1. The van der Waals surface area contributed by atoms with Crippen molar-refractivity contribution in [2.45, 2.75) is 6.92 Å². The van der Waals surface area contributed by atoms with Crippen molar-refractivity contribution in [2.75, 3.05) is 41.7 Å². The fourth-order valence-electron chi connectivity index (χ4n) is 4.61. The molecule has 5 rings (SSSR count). The lowest BCUT2D eigenvalue weighted by Crippen LogP contribution is -2.48. The van der Waals surface area contributed by atoms with Crippen LogP contribution in [-0.2, 0) is 9.59 Å². The second kappa shape index (κ2) is 11.2. The van der Waals surface area contributed by atoms with Crippen LogP contribution >= 0.6 is 0 Å². The molecule has 3 amide bonds. The molecule has 3 heterocycles. The highest BCUT2D eigenvalue weighted by Gasteiger charge is 2.21. The quantitative estimate of drug-likeness (QED) is 0.305. The van der Waals surface area contributed by atoms with E-state index in [0.29, 0.717) is 54.3 Å². The zero-order chi connectivity index (χ0) is 28.2. The number of pyridine rings is 1. The van der Waals surface area contributed by atoms with Gasteiger partial charge in [0.05, 0.1) is 22.5 Å². The van der Waals surface area contributed by atoms with Gasteiger partial charge in [0, 0.05) is 67.8 Å². The maximum atomic E-state index is 12.4. The van der Waals surface area contributed by atoms with Crippen molar-refractivity contribution in [3.05, 3.63) is 79.1 Å². The number of nitrogens with zero attached hydrogens (tertiary/aromatic N) is 5. The van der Waals surface area contributed by atoms with Gasteiger partial charge in [0.2, 0.25) is 17.8 Å². The molecule has 0 spiro atoms. The number of aromatic nitrogens is 3. The Balaban J connectivity index is 1.44. The third-order valence-corrected chi connectivity index (χ3v) is 6.70. The molecule has 1 aliphatic rings. The molecule has 1 saturated heterocycles. The molecule has 40 heavy (non-hydrogen) atoms. The van der Waals surface area contributed by atoms with E-state index in [2.05, 4.69) is 32.1 Å². The molecule has 1 fully saturated rings. The van der Waals surface area contributed by atoms with Gasteiger partial charge in [-0.15, -0.1) is 0 Å². The molecule has 0 bridgehead atoms. The summed E-state index contributed by atoms with van der Waals surface area (Å²) in [5.74, 6) is -0.575. The summed E-state index contributed by atoms with van der Waals surface area (Å²) >= 11 is 0. The molecule has 4 N–H and O–H groups in total. The van der Waals surface area contributed by atoms with Gasteiger partial charge in [-0.1, -0.05) is 24.8 Å². The predicted molar refractivity (Wildman–Crippen MR) is 154 cm³/mol. The number of rotatable bonds is 7. The summed E-state index contributed by atoms with van der Waals surface area (Å²) in [6, 6.07) is 14.5. The summed E-state index contributed by atoms with van der Waals surface area (Å²) in [7, 11) is 0. The van der Waals surface area contributed by atoms with Crippen molar-refractivity contribution >= 4 is 51.6 Å². The molecule has 0 aliphatic carbocycles. The van der Waals surface area contributed by atoms with Crippen molar-refractivity contribution in [1.29, 1.82) is 0 Å². The Hall–Kier alpha value is -5.32. The highest BCUT2D eigenvalue weighted by Crippen LogP contribution is 2.30. The first-order valence-corrected chi connectivity index (χ1v) is 12.7. The summed E-state index contributed by atoms with van der Waals surface area (Å²) in [4.78, 5) is 53.4. The Kier molecular flexibility index (Phi) is 7.36. The number of piperazine rings is 1. The Bertz CT molecular complexity index is 1630. The van der Waals surface area contributed by atoms with Crippen LogP contribution in [0.4, 0.5) is 23.0 Å². The topological polar surface area (TPSA) is 146 Å². The first-order valence-electron chi connectivity index (χ1n) is 12.7. The first-order chi connectivity index (χ1) is 19.3. The van der Waals surface area contributed by atoms with Crippen LogP contribution in [0, 0.1) is 0 Å². The Morgan fingerprint density at radius 3 is 2.55 bits per heavy atom. The normalized spacial score (nSPS) is 13.1. The fraction of sp³-hybridized carbons (Fsp3) is 0.172. The van der Waals surface area contributed by atoms with Crippen molar-refractivity contribution in [3.63, 3.8) is 0 Å². The molecule has 0 saturated carbocycles. The van der Waals surface area contributed by atoms with Gasteiger partial charge in [0.1, 0.15) is 0 Å². The minimum Gasteiger partial charge on any atom is -0.368 e. The number of carbonyl (C=O) groups excluding carboxylic acids is 3. The van der Waals surface area contributed by atoms with Gasteiger partial charge < -0.3 is 26.2 Å². The third-order valence-electron chi connectivity index (χ3n) is 6.70. The number of nitrogens with one attached hydrogen (secondary N) is 2. The number of hydrogen-bond donors (Lipinski definition) is 3. The van der Waals surface area contributed by atoms with Gasteiger partial charge in [-0.3, -0.25) is 19.4 Å². The number of fused-ring (bicyclic) bond motifs is 1. The van der Waals surface area contributed by atoms with Crippen LogP contribution in [0.1, 0.15) is 17.3 Å². The van der Waals surface area contributed by atoms with E-state index < -0.39 is 5.91 Å². The van der Waals surface area contributed by atoms with Crippen LogP contribution in [0.15, 0.2) is 73.6 Å². The van der Waals surface area contributed by atoms with Gasteiger partial charge in [-0.2, -0.15) is 0 Å². The number of nitrogens with two attached hydrogens (primary N) is 1. The molecule has 2 aromatic heterocycles. The van der Waals surface area contributed by atoms with Gasteiger partial charge in [0.25, 0.3) is 5.91 Å². The van der Waals surface area contributed by atoms with Gasteiger partial charge >= 0.3 is 0 Å². The fourth-order valence-corrected chi connectivity index (χ4v) is 4.61. The maximum Gasteiger partial charge on any atom is 0.250 e. The van der Waals surface area contributed by atoms with Crippen LogP contribution in [0.2, 0.25) is 0 Å². The lowest BCUT2D eigenvalue weighted by atomic mass is 10.1. The summed E-state index contributed by atoms with van der Waals surface area (Å²) in [6.45, 7) is 7.60. The number of amides is 3. The highest BCUT2D eigenvalue weighted by molar-refractivity contribution is 6.01. The summed E-state index contributed by atoms with van der Waals surface area (Å²) in [6.07, 6.45) is 4.49. The van der Waals surface area contributed by atoms with Crippen LogP contribution in [-0.4, -0.2) is 63.8 Å². The Morgan fingerprint density at radius 2 is 1.82 bits per heavy atom. The molecular formula is C29H28N8O3. The minimum atomic E-state index is -0.587. The maximum absolute atomic E-state index is 12.4. The number of benzene rings is 2. The minimum absolute atomic E-state index is 0.0542. The predicted octanol–water partition coefficient (Wildman–Crippen LogP) is 3.33. The molecule has 1 aliphatic heterocycles. The van der Waals surface area contributed by atoms with Crippen LogP contribution in [0.5, 0.6) is 0 Å². The lowest BCUT2D eigenvalue weighted by molar-refractivity contribution is -0.129. The summed E-state index contributed by atoms with van der Waals surface area (Å²) in [5, 5.41) is 6.67. The van der Waals surface area contributed by atoms with Crippen molar-refractivity contribution < 1.29 is 14.4 Å². The number of para-hydroxylation sites is 1. The Morgan fingerprint density at radius 1 is 1.02 bits per heavy atom. The standard InChI is InChI=1S/C29H28N8O3/c1-3-26(39)33-20-9-10-31-25(15-20)22-6-4-5-19-17-32-29(35-27(19)22)34-24-8-7-21(16-23(24)28(30)40)37-13-11-36(12-14-37)18(2)38/h3-10,15-17H,1,11-14H2,2H3,(H2,30,40)(H,31,33,39)(H,32,34,35). The highest BCUT2D eigenvalue weighted by atomic mass is 16.2. The molecule has 4 aromatic rings. The van der Waals surface area contributed by atoms with Crippen molar-refractivity contribution in [3.8, 4) is 11.3 Å². The van der Waals surface area contributed by atoms with Gasteiger partial charge in [0.15, 0.2) is 0 Å². The monoisotopic (exact) mass is 536 g/mol. The average Bonchev–Trinajstić information content (AvgIpc) is 2.97. The van der Waals surface area contributed by atoms with Crippen molar-refractivity contribution in [1.82, 2.24) is 19.9 Å². The van der Waals surface area contributed by atoms with Gasteiger partial charge in [-0.05, 0) is 36.4 Å². The number of carbonyl (C=O) groups is 3. The molecule has 202 valence electrons. The molecule has 0 unspecified atom stereocenters. The zero-order valence-corrected chi connectivity index (χ0v) is 21.9. The zero-order valence-electron chi connectivity index (χ0n) is 21.9. The average molecular weight is 537 g/mol. The number of anilines is 4. The van der Waals surface area contributed by atoms with Crippen molar-refractivity contribution in [2.24, 2.45) is 5.73 Å².